The van der Waals surface area contributed by atoms with E-state index < -0.39 is 0 Å². The number of benzene rings is 1. The zero-order valence-corrected chi connectivity index (χ0v) is 8.78. The monoisotopic (exact) mass is 204 g/mol. The van der Waals surface area contributed by atoms with E-state index >= 15 is 0 Å². The number of nitrogens with one attached hydrogen (secondary N) is 1. The predicted octanol–water partition coefficient (Wildman–Crippen LogP) is 0.838. The topological polar surface area (TPSA) is 32.3 Å². The van der Waals surface area contributed by atoms with Crippen LogP contribution in [0, 0.1) is 0 Å². The van der Waals surface area contributed by atoms with Gasteiger partial charge in [0.25, 0.3) is 0 Å². The fraction of sp³-hybridized carbons (Fsp3) is 0.417. The van der Waals surface area contributed by atoms with Crippen LogP contribution in [0.15, 0.2) is 24.3 Å². The van der Waals surface area contributed by atoms with Crippen molar-refractivity contribution in [1.82, 2.24) is 5.32 Å². The lowest BCUT2D eigenvalue weighted by atomic mass is 10.1. The molecule has 0 aromatic heterocycles. The lowest BCUT2D eigenvalue weighted by molar-refractivity contribution is -0.107. The number of nitrogens with zero attached hydrogens (tertiary/aromatic N) is 1. The van der Waals surface area contributed by atoms with Crippen molar-refractivity contribution in [3.05, 3.63) is 29.8 Å². The summed E-state index contributed by atoms with van der Waals surface area (Å²) in [4.78, 5) is 12.7. The fourth-order valence-electron chi connectivity index (χ4n) is 1.86. The van der Waals surface area contributed by atoms with Gasteiger partial charge in [-0.2, -0.15) is 0 Å². The second-order valence-electron chi connectivity index (χ2n) is 3.77. The van der Waals surface area contributed by atoms with Gasteiger partial charge >= 0.3 is 0 Å². The molecule has 0 bridgehead atoms. The van der Waals surface area contributed by atoms with Crippen LogP contribution >= 0.6 is 0 Å². The van der Waals surface area contributed by atoms with E-state index in [-0.39, 0.29) is 0 Å². The molecule has 0 aliphatic carbocycles. The van der Waals surface area contributed by atoms with Crippen molar-refractivity contribution in [2.75, 3.05) is 31.1 Å². The Labute approximate surface area is 90.1 Å². The van der Waals surface area contributed by atoms with Gasteiger partial charge in [0.15, 0.2) is 0 Å². The lowest BCUT2D eigenvalue weighted by Crippen LogP contribution is -2.43. The van der Waals surface area contributed by atoms with Gasteiger partial charge < -0.3 is 15.0 Å². The summed E-state index contributed by atoms with van der Waals surface area (Å²) in [5, 5.41) is 3.33. The molecule has 0 unspecified atom stereocenters. The number of piperazine rings is 1. The zero-order valence-electron chi connectivity index (χ0n) is 8.78. The summed E-state index contributed by atoms with van der Waals surface area (Å²) < 4.78 is 0. The minimum absolute atomic E-state index is 0.516. The molecule has 1 N–H and O–H groups in total. The minimum Gasteiger partial charge on any atom is -0.369 e. The van der Waals surface area contributed by atoms with Crippen molar-refractivity contribution in [2.45, 2.75) is 6.42 Å². The number of carbonyl (C=O) groups excluding carboxylic acids is 1. The molecule has 1 aromatic rings. The van der Waals surface area contributed by atoms with Gasteiger partial charge in [-0.1, -0.05) is 12.1 Å². The maximum Gasteiger partial charge on any atom is 0.124 e. The second kappa shape index (κ2) is 4.94. The number of anilines is 1. The van der Waals surface area contributed by atoms with Crippen molar-refractivity contribution in [2.24, 2.45) is 0 Å². The molecule has 1 aromatic carbocycles. The minimum atomic E-state index is 0.516. The lowest BCUT2D eigenvalue weighted by Gasteiger charge is -2.29. The quantitative estimate of drug-likeness (QED) is 0.740. The van der Waals surface area contributed by atoms with Gasteiger partial charge in [-0.25, -0.2) is 0 Å². The molecule has 0 saturated carbocycles. The maximum absolute atomic E-state index is 10.3. The molecule has 1 fully saturated rings. The average Bonchev–Trinajstić information content (AvgIpc) is 2.32. The van der Waals surface area contributed by atoms with Crippen LogP contribution < -0.4 is 10.2 Å². The normalized spacial score (nSPS) is 16.4. The summed E-state index contributed by atoms with van der Waals surface area (Å²) in [6.45, 7) is 4.23. The van der Waals surface area contributed by atoms with E-state index in [0.717, 1.165) is 38.0 Å². The van der Waals surface area contributed by atoms with Gasteiger partial charge in [-0.05, 0) is 17.7 Å². The highest BCUT2D eigenvalue weighted by atomic mass is 16.1. The average molecular weight is 204 g/mol. The molecule has 3 heteroatoms. The van der Waals surface area contributed by atoms with Crippen LogP contribution in [0.1, 0.15) is 5.56 Å². The molecule has 3 nitrogen and oxygen atoms in total. The largest absolute Gasteiger partial charge is 0.369 e. The second-order valence-corrected chi connectivity index (χ2v) is 3.77. The molecule has 1 aliphatic heterocycles. The Morgan fingerprint density at radius 1 is 1.20 bits per heavy atom. The Morgan fingerprint density at radius 2 is 1.87 bits per heavy atom. The molecule has 1 heterocycles. The smallest absolute Gasteiger partial charge is 0.124 e. The number of hydrogen-bond acceptors (Lipinski definition) is 3. The van der Waals surface area contributed by atoms with Gasteiger partial charge in [0.2, 0.25) is 0 Å². The van der Waals surface area contributed by atoms with Crippen molar-refractivity contribution >= 4 is 12.0 Å². The first-order valence-corrected chi connectivity index (χ1v) is 5.38. The van der Waals surface area contributed by atoms with Crippen LogP contribution in [-0.4, -0.2) is 32.5 Å². The molecule has 1 saturated heterocycles. The van der Waals surface area contributed by atoms with Crippen molar-refractivity contribution in [1.29, 1.82) is 0 Å². The van der Waals surface area contributed by atoms with E-state index in [9.17, 15) is 4.79 Å². The van der Waals surface area contributed by atoms with E-state index in [1.807, 2.05) is 12.1 Å². The highest BCUT2D eigenvalue weighted by molar-refractivity contribution is 5.57. The van der Waals surface area contributed by atoms with Crippen LogP contribution in [0.5, 0.6) is 0 Å². The Kier molecular flexibility index (Phi) is 3.35. The Bertz CT molecular complexity index is 315. The molecular formula is C12H16N2O. The van der Waals surface area contributed by atoms with Crippen LogP contribution in [0.25, 0.3) is 0 Å². The summed E-state index contributed by atoms with van der Waals surface area (Å²) in [5.41, 5.74) is 2.34. The first-order valence-electron chi connectivity index (χ1n) is 5.38. The highest BCUT2D eigenvalue weighted by Crippen LogP contribution is 2.15. The molecule has 0 spiro atoms. The molecule has 2 rings (SSSR count). The van der Waals surface area contributed by atoms with Gasteiger partial charge in [0.1, 0.15) is 6.29 Å². The third-order valence-electron chi connectivity index (χ3n) is 2.74. The molecule has 15 heavy (non-hydrogen) atoms. The third kappa shape index (κ3) is 2.57. The summed E-state index contributed by atoms with van der Waals surface area (Å²) in [7, 11) is 0. The predicted molar refractivity (Wildman–Crippen MR) is 61.3 cm³/mol. The number of aldehydes is 1. The van der Waals surface area contributed by atoms with Crippen molar-refractivity contribution in [3.8, 4) is 0 Å². The number of rotatable bonds is 3. The first-order chi connectivity index (χ1) is 7.40. The number of hydrogen-bond donors (Lipinski definition) is 1. The van der Waals surface area contributed by atoms with E-state index in [4.69, 9.17) is 0 Å². The highest BCUT2D eigenvalue weighted by Gasteiger charge is 2.09. The van der Waals surface area contributed by atoms with Gasteiger partial charge in [0, 0.05) is 38.3 Å². The molecule has 0 radical (unpaired) electrons. The Morgan fingerprint density at radius 3 is 2.47 bits per heavy atom. The SMILES string of the molecule is O=CCc1ccc(N2CCNCC2)cc1. The molecule has 80 valence electrons. The van der Waals surface area contributed by atoms with Gasteiger partial charge in [-0.15, -0.1) is 0 Å². The van der Waals surface area contributed by atoms with E-state index in [1.165, 1.54) is 5.69 Å². The maximum atomic E-state index is 10.3. The molecule has 0 atom stereocenters. The first kappa shape index (κ1) is 10.2. The van der Waals surface area contributed by atoms with Crippen LogP contribution in [0.4, 0.5) is 5.69 Å². The molecule has 0 amide bonds. The van der Waals surface area contributed by atoms with Crippen molar-refractivity contribution in [3.63, 3.8) is 0 Å². The Balaban J connectivity index is 2.04. The van der Waals surface area contributed by atoms with E-state index in [2.05, 4.69) is 22.3 Å². The van der Waals surface area contributed by atoms with Crippen LogP contribution in [0.2, 0.25) is 0 Å². The summed E-state index contributed by atoms with van der Waals surface area (Å²) in [5.74, 6) is 0. The van der Waals surface area contributed by atoms with Gasteiger partial charge in [-0.3, -0.25) is 0 Å². The van der Waals surface area contributed by atoms with Crippen LogP contribution in [0.3, 0.4) is 0 Å². The standard InChI is InChI=1S/C12H16N2O/c15-10-5-11-1-3-12(4-2-11)14-8-6-13-7-9-14/h1-4,10,13H,5-9H2. The van der Waals surface area contributed by atoms with E-state index in [1.54, 1.807) is 0 Å². The third-order valence-corrected chi connectivity index (χ3v) is 2.74. The zero-order chi connectivity index (χ0) is 10.5. The fourth-order valence-corrected chi connectivity index (χ4v) is 1.86. The van der Waals surface area contributed by atoms with E-state index in [0.29, 0.717) is 6.42 Å². The summed E-state index contributed by atoms with van der Waals surface area (Å²) >= 11 is 0. The van der Waals surface area contributed by atoms with Crippen molar-refractivity contribution < 1.29 is 4.79 Å². The van der Waals surface area contributed by atoms with Crippen LogP contribution in [-0.2, 0) is 11.2 Å². The summed E-state index contributed by atoms with van der Waals surface area (Å²) in [6, 6.07) is 8.27. The summed E-state index contributed by atoms with van der Waals surface area (Å²) in [6.07, 6.45) is 1.46. The molecule has 1 aliphatic rings. The number of carbonyl (C=O) groups is 1. The van der Waals surface area contributed by atoms with Gasteiger partial charge in [0.05, 0.1) is 0 Å². The Hall–Kier alpha value is -1.35. The molecular weight excluding hydrogens is 188 g/mol.